The van der Waals surface area contributed by atoms with Gasteiger partial charge in [-0.25, -0.2) is 0 Å². The number of hydrogen-bond donors (Lipinski definition) is 2. The van der Waals surface area contributed by atoms with E-state index in [1.54, 1.807) is 7.11 Å². The average molecular weight is 389 g/mol. The second-order valence-corrected chi connectivity index (χ2v) is 7.26. The zero-order valence-electron chi connectivity index (χ0n) is 17.2. The van der Waals surface area contributed by atoms with Crippen LogP contribution in [0.1, 0.15) is 35.6 Å². The summed E-state index contributed by atoms with van der Waals surface area (Å²) >= 11 is 0. The first-order chi connectivity index (χ1) is 14.1. The maximum Gasteiger partial charge on any atom is 0.246 e. The lowest BCUT2D eigenvalue weighted by Crippen LogP contribution is -2.35. The van der Waals surface area contributed by atoms with Gasteiger partial charge in [0.25, 0.3) is 0 Å². The molecule has 0 saturated carbocycles. The van der Waals surface area contributed by atoms with E-state index in [-0.39, 0.29) is 11.8 Å². The number of nitrogens with one attached hydrogen (secondary N) is 2. The van der Waals surface area contributed by atoms with Crippen LogP contribution in [0.2, 0.25) is 0 Å². The Morgan fingerprint density at radius 2 is 1.55 bits per heavy atom. The lowest BCUT2D eigenvalue weighted by Gasteiger charge is -2.22. The maximum absolute atomic E-state index is 13.2. The molecule has 2 atom stereocenters. The summed E-state index contributed by atoms with van der Waals surface area (Å²) in [6.45, 7) is 4.83. The zero-order valence-corrected chi connectivity index (χ0v) is 17.2. The Bertz CT molecular complexity index is 926. The van der Waals surface area contributed by atoms with Crippen LogP contribution in [0, 0.1) is 6.92 Å². The largest absolute Gasteiger partial charge is 0.495 e. The number of benzene rings is 3. The number of carbonyl (C=O) groups excluding carboxylic acids is 1. The highest BCUT2D eigenvalue weighted by molar-refractivity contribution is 5.96. The average Bonchev–Trinajstić information content (AvgIpc) is 2.75. The Morgan fingerprint density at radius 3 is 2.17 bits per heavy atom. The second kappa shape index (κ2) is 9.89. The molecule has 0 bridgehead atoms. The molecule has 0 radical (unpaired) electrons. The van der Waals surface area contributed by atoms with E-state index in [1.165, 1.54) is 5.56 Å². The maximum atomic E-state index is 13.2. The first-order valence-corrected chi connectivity index (χ1v) is 9.87. The summed E-state index contributed by atoms with van der Waals surface area (Å²) < 4.78 is 5.41. The van der Waals surface area contributed by atoms with Crippen LogP contribution in [0.3, 0.4) is 0 Å². The lowest BCUT2D eigenvalue weighted by molar-refractivity contribution is -0.118. The molecule has 0 aliphatic heterocycles. The Morgan fingerprint density at radius 1 is 0.931 bits per heavy atom. The highest BCUT2D eigenvalue weighted by atomic mass is 16.5. The summed E-state index contributed by atoms with van der Waals surface area (Å²) in [5, 5.41) is 6.49. The molecule has 0 unspecified atom stereocenters. The predicted molar refractivity (Wildman–Crippen MR) is 118 cm³/mol. The minimum atomic E-state index is -0.465. The van der Waals surface area contributed by atoms with Crippen molar-refractivity contribution in [2.45, 2.75) is 25.8 Å². The van der Waals surface area contributed by atoms with Crippen molar-refractivity contribution in [2.75, 3.05) is 19.0 Å². The van der Waals surface area contributed by atoms with Gasteiger partial charge in [-0.15, -0.1) is 0 Å². The van der Waals surface area contributed by atoms with Crippen molar-refractivity contribution in [1.82, 2.24) is 5.32 Å². The third-order valence-electron chi connectivity index (χ3n) is 5.00. The number of aryl methyl sites for hydroxylation is 1. The number of amides is 1. The number of ether oxygens (including phenoxy) is 1. The van der Waals surface area contributed by atoms with Gasteiger partial charge >= 0.3 is 0 Å². The van der Waals surface area contributed by atoms with Crippen LogP contribution < -0.4 is 15.4 Å². The molecule has 0 saturated heterocycles. The first-order valence-electron chi connectivity index (χ1n) is 9.87. The summed E-state index contributed by atoms with van der Waals surface area (Å²) in [7, 11) is 1.61. The Balaban J connectivity index is 1.79. The van der Waals surface area contributed by atoms with Crippen LogP contribution in [0.25, 0.3) is 0 Å². The van der Waals surface area contributed by atoms with Crippen molar-refractivity contribution in [3.63, 3.8) is 0 Å². The molecule has 150 valence electrons. The van der Waals surface area contributed by atoms with Crippen molar-refractivity contribution in [2.24, 2.45) is 0 Å². The van der Waals surface area contributed by atoms with E-state index >= 15 is 0 Å². The Kier molecular flexibility index (Phi) is 7.04. The molecular weight excluding hydrogens is 360 g/mol. The van der Waals surface area contributed by atoms with Gasteiger partial charge in [0.2, 0.25) is 5.91 Å². The number of carbonyl (C=O) groups is 1. The molecule has 0 aliphatic carbocycles. The minimum absolute atomic E-state index is 0.111. The Labute approximate surface area is 172 Å². The molecule has 0 heterocycles. The van der Waals surface area contributed by atoms with Crippen molar-refractivity contribution < 1.29 is 9.53 Å². The predicted octanol–water partition coefficient (Wildman–Crippen LogP) is 5.08. The molecule has 3 rings (SSSR count). The van der Waals surface area contributed by atoms with Gasteiger partial charge in [-0.2, -0.15) is 0 Å². The molecule has 0 aliphatic rings. The molecule has 4 nitrogen and oxygen atoms in total. The summed E-state index contributed by atoms with van der Waals surface area (Å²) in [4.78, 5) is 13.2. The number of rotatable bonds is 8. The van der Waals surface area contributed by atoms with E-state index < -0.39 is 6.04 Å². The smallest absolute Gasteiger partial charge is 0.246 e. The highest BCUT2D eigenvalue weighted by Crippen LogP contribution is 2.27. The fourth-order valence-corrected chi connectivity index (χ4v) is 3.33. The van der Waals surface area contributed by atoms with E-state index in [0.29, 0.717) is 18.0 Å². The zero-order chi connectivity index (χ0) is 20.6. The number of hydrogen-bond acceptors (Lipinski definition) is 3. The topological polar surface area (TPSA) is 50.4 Å². The second-order valence-electron chi connectivity index (χ2n) is 7.26. The molecule has 0 spiro atoms. The van der Waals surface area contributed by atoms with Crippen molar-refractivity contribution in [3.8, 4) is 5.75 Å². The van der Waals surface area contributed by atoms with Crippen LogP contribution in [-0.4, -0.2) is 19.6 Å². The van der Waals surface area contributed by atoms with Crippen LogP contribution in [-0.2, 0) is 4.79 Å². The minimum Gasteiger partial charge on any atom is -0.495 e. The van der Waals surface area contributed by atoms with Crippen LogP contribution in [0.15, 0.2) is 78.9 Å². The molecule has 4 heteroatoms. The van der Waals surface area contributed by atoms with E-state index in [9.17, 15) is 4.79 Å². The SMILES string of the molecule is COc1ccc(C)cc1NC(=O)[C@H](NC[C@@H](C)c1ccccc1)c1ccccc1. The van der Waals surface area contributed by atoms with Crippen LogP contribution >= 0.6 is 0 Å². The lowest BCUT2D eigenvalue weighted by atomic mass is 9.99. The molecule has 3 aromatic rings. The van der Waals surface area contributed by atoms with Crippen molar-refractivity contribution >= 4 is 11.6 Å². The van der Waals surface area contributed by atoms with Crippen LogP contribution in [0.4, 0.5) is 5.69 Å². The van der Waals surface area contributed by atoms with Crippen molar-refractivity contribution in [3.05, 3.63) is 95.6 Å². The van der Waals surface area contributed by atoms with Gasteiger partial charge in [-0.3, -0.25) is 4.79 Å². The quantitative estimate of drug-likeness (QED) is 0.566. The van der Waals surface area contributed by atoms with E-state index in [2.05, 4.69) is 29.7 Å². The van der Waals surface area contributed by atoms with Gasteiger partial charge < -0.3 is 15.4 Å². The Hall–Kier alpha value is -3.11. The van der Waals surface area contributed by atoms with Gasteiger partial charge in [-0.1, -0.05) is 73.7 Å². The first kappa shape index (κ1) is 20.6. The van der Waals surface area contributed by atoms with Gasteiger partial charge in [0.1, 0.15) is 11.8 Å². The number of anilines is 1. The summed E-state index contributed by atoms with van der Waals surface area (Å²) in [5.41, 5.74) is 3.91. The normalized spacial score (nSPS) is 12.8. The third-order valence-corrected chi connectivity index (χ3v) is 5.00. The molecule has 3 aromatic carbocycles. The van der Waals surface area contributed by atoms with Gasteiger partial charge in [0.15, 0.2) is 0 Å². The van der Waals surface area contributed by atoms with Crippen molar-refractivity contribution in [1.29, 1.82) is 0 Å². The van der Waals surface area contributed by atoms with Crippen LogP contribution in [0.5, 0.6) is 5.75 Å². The fourth-order valence-electron chi connectivity index (χ4n) is 3.33. The fraction of sp³-hybridized carbons (Fsp3) is 0.240. The number of methoxy groups -OCH3 is 1. The molecule has 1 amide bonds. The van der Waals surface area contributed by atoms with Gasteiger partial charge in [0, 0.05) is 6.54 Å². The van der Waals surface area contributed by atoms with Gasteiger partial charge in [0.05, 0.1) is 12.8 Å². The standard InChI is InChI=1S/C25H28N2O2/c1-18-14-15-23(29-3)22(16-18)27-25(28)24(21-12-8-5-9-13-21)26-17-19(2)20-10-6-4-7-11-20/h4-16,19,24,26H,17H2,1-3H3,(H,27,28)/t19-,24-/m1/s1. The van der Waals surface area contributed by atoms with E-state index in [1.807, 2.05) is 73.7 Å². The van der Waals surface area contributed by atoms with Gasteiger partial charge in [-0.05, 0) is 41.7 Å². The summed E-state index contributed by atoms with van der Waals surface area (Å²) in [6.07, 6.45) is 0. The molecular formula is C25H28N2O2. The monoisotopic (exact) mass is 388 g/mol. The molecule has 29 heavy (non-hydrogen) atoms. The molecule has 0 aromatic heterocycles. The third kappa shape index (κ3) is 5.46. The molecule has 0 fully saturated rings. The highest BCUT2D eigenvalue weighted by Gasteiger charge is 2.22. The molecule has 2 N–H and O–H groups in total. The summed E-state index contributed by atoms with van der Waals surface area (Å²) in [5.74, 6) is 0.817. The van der Waals surface area contributed by atoms with E-state index in [0.717, 1.165) is 11.1 Å². The summed E-state index contributed by atoms with van der Waals surface area (Å²) in [6, 6.07) is 25.4. The van der Waals surface area contributed by atoms with E-state index in [4.69, 9.17) is 4.74 Å².